The van der Waals surface area contributed by atoms with E-state index in [2.05, 4.69) is 15.5 Å². The standard InChI is InChI=1S/C24H19N3O5/c1-30-19-12-18(13-20(14-19)31-2)23-26-27-24(32-23)25-22(29)17-10-8-16(9-11-17)21(28)15-6-4-3-5-7-15/h3-14H,1-2H3,(H,25,27,29). The van der Waals surface area contributed by atoms with Gasteiger partial charge in [-0.05, 0) is 24.3 Å². The predicted molar refractivity (Wildman–Crippen MR) is 117 cm³/mol. The summed E-state index contributed by atoms with van der Waals surface area (Å²) in [5.41, 5.74) is 1.99. The van der Waals surface area contributed by atoms with Crippen molar-refractivity contribution in [2.24, 2.45) is 0 Å². The third-order valence-electron chi connectivity index (χ3n) is 4.69. The minimum atomic E-state index is -0.442. The number of benzene rings is 3. The van der Waals surface area contributed by atoms with E-state index in [1.807, 2.05) is 6.07 Å². The molecular formula is C24H19N3O5. The molecule has 8 heteroatoms. The number of amides is 1. The number of ether oxygens (including phenoxy) is 2. The van der Waals surface area contributed by atoms with Crippen molar-refractivity contribution in [2.75, 3.05) is 19.5 Å². The molecule has 1 N–H and O–H groups in total. The number of nitrogens with zero attached hydrogens (tertiary/aromatic N) is 2. The second-order valence-electron chi connectivity index (χ2n) is 6.74. The average Bonchev–Trinajstić information content (AvgIpc) is 3.32. The van der Waals surface area contributed by atoms with Crippen LogP contribution in [-0.4, -0.2) is 36.1 Å². The second kappa shape index (κ2) is 9.13. The van der Waals surface area contributed by atoms with Gasteiger partial charge in [-0.15, -0.1) is 5.10 Å². The number of anilines is 1. The number of aromatic nitrogens is 2. The molecule has 0 saturated carbocycles. The Bertz CT molecular complexity index is 1230. The van der Waals surface area contributed by atoms with Crippen LogP contribution in [0.2, 0.25) is 0 Å². The zero-order valence-corrected chi connectivity index (χ0v) is 17.4. The molecule has 1 heterocycles. The quantitative estimate of drug-likeness (QED) is 0.438. The molecule has 1 amide bonds. The Balaban J connectivity index is 1.47. The molecule has 0 aliphatic heterocycles. The molecule has 0 saturated heterocycles. The van der Waals surface area contributed by atoms with E-state index in [0.29, 0.717) is 33.8 Å². The maximum absolute atomic E-state index is 12.5. The summed E-state index contributed by atoms with van der Waals surface area (Å²) in [6.07, 6.45) is 0. The zero-order valence-electron chi connectivity index (χ0n) is 17.4. The highest BCUT2D eigenvalue weighted by molar-refractivity contribution is 6.10. The summed E-state index contributed by atoms with van der Waals surface area (Å²) in [5.74, 6) is 0.762. The number of methoxy groups -OCH3 is 2. The fourth-order valence-electron chi connectivity index (χ4n) is 3.02. The number of ketones is 1. The van der Waals surface area contributed by atoms with Gasteiger partial charge in [-0.25, -0.2) is 0 Å². The van der Waals surface area contributed by atoms with E-state index in [-0.39, 0.29) is 17.7 Å². The molecule has 1 aromatic heterocycles. The van der Waals surface area contributed by atoms with Gasteiger partial charge in [-0.3, -0.25) is 14.9 Å². The molecule has 160 valence electrons. The Morgan fingerprint density at radius 3 is 2.00 bits per heavy atom. The van der Waals surface area contributed by atoms with Crippen molar-refractivity contribution in [1.29, 1.82) is 0 Å². The van der Waals surface area contributed by atoms with Gasteiger partial charge in [-0.1, -0.05) is 47.6 Å². The van der Waals surface area contributed by atoms with Crippen LogP contribution in [0.5, 0.6) is 11.5 Å². The Morgan fingerprint density at radius 2 is 1.38 bits per heavy atom. The molecule has 4 aromatic rings. The van der Waals surface area contributed by atoms with Gasteiger partial charge in [-0.2, -0.15) is 0 Å². The van der Waals surface area contributed by atoms with Gasteiger partial charge in [0.1, 0.15) is 11.5 Å². The molecule has 4 rings (SSSR count). The minimum Gasteiger partial charge on any atom is -0.497 e. The highest BCUT2D eigenvalue weighted by Crippen LogP contribution is 2.29. The summed E-state index contributed by atoms with van der Waals surface area (Å²) in [4.78, 5) is 25.0. The SMILES string of the molecule is COc1cc(OC)cc(-c2nnc(NC(=O)c3ccc(C(=O)c4ccccc4)cc3)o2)c1. The van der Waals surface area contributed by atoms with Crippen molar-refractivity contribution in [1.82, 2.24) is 10.2 Å². The number of nitrogens with one attached hydrogen (secondary N) is 1. The van der Waals surface area contributed by atoms with Crippen LogP contribution in [-0.2, 0) is 0 Å². The molecule has 8 nitrogen and oxygen atoms in total. The highest BCUT2D eigenvalue weighted by Gasteiger charge is 2.15. The van der Waals surface area contributed by atoms with E-state index in [9.17, 15) is 9.59 Å². The van der Waals surface area contributed by atoms with Gasteiger partial charge in [0.15, 0.2) is 5.78 Å². The van der Waals surface area contributed by atoms with Crippen molar-refractivity contribution >= 4 is 17.7 Å². The fraction of sp³-hybridized carbons (Fsp3) is 0.0833. The van der Waals surface area contributed by atoms with Crippen LogP contribution in [0.1, 0.15) is 26.3 Å². The number of hydrogen-bond donors (Lipinski definition) is 1. The zero-order chi connectivity index (χ0) is 22.5. The highest BCUT2D eigenvalue weighted by atomic mass is 16.5. The first-order chi connectivity index (χ1) is 15.6. The average molecular weight is 429 g/mol. The van der Waals surface area contributed by atoms with Gasteiger partial charge < -0.3 is 13.9 Å². The van der Waals surface area contributed by atoms with Crippen LogP contribution < -0.4 is 14.8 Å². The second-order valence-corrected chi connectivity index (χ2v) is 6.74. The summed E-state index contributed by atoms with van der Waals surface area (Å²) in [5, 5.41) is 10.4. The van der Waals surface area contributed by atoms with Crippen molar-refractivity contribution in [3.05, 3.63) is 89.5 Å². The monoisotopic (exact) mass is 429 g/mol. The van der Waals surface area contributed by atoms with E-state index >= 15 is 0 Å². The smallest absolute Gasteiger partial charge is 0.322 e. The van der Waals surface area contributed by atoms with E-state index < -0.39 is 5.91 Å². The normalized spacial score (nSPS) is 10.4. The minimum absolute atomic E-state index is 0.0591. The number of carbonyl (C=O) groups excluding carboxylic acids is 2. The van der Waals surface area contributed by atoms with E-state index in [4.69, 9.17) is 13.9 Å². The van der Waals surface area contributed by atoms with Crippen LogP contribution in [0.15, 0.2) is 77.2 Å². The third-order valence-corrected chi connectivity index (χ3v) is 4.69. The van der Waals surface area contributed by atoms with Crippen molar-refractivity contribution in [3.8, 4) is 23.0 Å². The van der Waals surface area contributed by atoms with Crippen molar-refractivity contribution in [2.45, 2.75) is 0 Å². The largest absolute Gasteiger partial charge is 0.497 e. The first kappa shape index (κ1) is 20.8. The molecule has 0 radical (unpaired) electrons. The summed E-state index contributed by atoms with van der Waals surface area (Å²) in [7, 11) is 3.08. The molecule has 0 unspecified atom stereocenters. The molecule has 3 aromatic carbocycles. The molecule has 0 atom stereocenters. The van der Waals surface area contributed by atoms with Gasteiger partial charge in [0.25, 0.3) is 5.91 Å². The van der Waals surface area contributed by atoms with Crippen LogP contribution in [0, 0.1) is 0 Å². The Morgan fingerprint density at radius 1 is 0.781 bits per heavy atom. The van der Waals surface area contributed by atoms with Gasteiger partial charge in [0.05, 0.1) is 14.2 Å². The summed E-state index contributed by atoms with van der Waals surface area (Å²) in [6.45, 7) is 0. The first-order valence-electron chi connectivity index (χ1n) is 9.65. The lowest BCUT2D eigenvalue weighted by molar-refractivity contribution is 0.101. The Labute approximate surface area is 183 Å². The van der Waals surface area contributed by atoms with Crippen LogP contribution in [0.25, 0.3) is 11.5 Å². The molecule has 32 heavy (non-hydrogen) atoms. The van der Waals surface area contributed by atoms with E-state index in [0.717, 1.165) is 0 Å². The topological polar surface area (TPSA) is 104 Å². The number of hydrogen-bond acceptors (Lipinski definition) is 7. The third kappa shape index (κ3) is 4.49. The van der Waals surface area contributed by atoms with Gasteiger partial charge in [0, 0.05) is 28.3 Å². The molecule has 0 aliphatic carbocycles. The molecule has 0 spiro atoms. The van der Waals surface area contributed by atoms with Gasteiger partial charge >= 0.3 is 6.01 Å². The van der Waals surface area contributed by atoms with Gasteiger partial charge in [0.2, 0.25) is 5.89 Å². The van der Waals surface area contributed by atoms with E-state index in [1.165, 1.54) is 14.2 Å². The van der Waals surface area contributed by atoms with E-state index in [1.54, 1.807) is 66.7 Å². The fourth-order valence-corrected chi connectivity index (χ4v) is 3.02. The lowest BCUT2D eigenvalue weighted by Gasteiger charge is -2.06. The predicted octanol–water partition coefficient (Wildman–Crippen LogP) is 4.24. The molecule has 0 bridgehead atoms. The summed E-state index contributed by atoms with van der Waals surface area (Å²) < 4.78 is 16.0. The lowest BCUT2D eigenvalue weighted by Crippen LogP contribution is -2.12. The van der Waals surface area contributed by atoms with Crippen LogP contribution >= 0.6 is 0 Å². The Kier molecular flexibility index (Phi) is 5.94. The van der Waals surface area contributed by atoms with Crippen molar-refractivity contribution in [3.63, 3.8) is 0 Å². The Hall–Kier alpha value is -4.46. The van der Waals surface area contributed by atoms with Crippen molar-refractivity contribution < 1.29 is 23.5 Å². The number of rotatable bonds is 7. The number of carbonyl (C=O) groups is 2. The molecule has 0 aliphatic rings. The maximum Gasteiger partial charge on any atom is 0.322 e. The van der Waals surface area contributed by atoms with Crippen LogP contribution in [0.3, 0.4) is 0 Å². The van der Waals surface area contributed by atoms with Crippen LogP contribution in [0.4, 0.5) is 6.01 Å². The molecule has 0 fully saturated rings. The lowest BCUT2D eigenvalue weighted by atomic mass is 10.0. The first-order valence-corrected chi connectivity index (χ1v) is 9.65. The maximum atomic E-state index is 12.5. The summed E-state index contributed by atoms with van der Waals surface area (Å²) >= 11 is 0. The summed E-state index contributed by atoms with van der Waals surface area (Å²) in [6, 6.07) is 20.4. The molecular weight excluding hydrogens is 410 g/mol.